The molecule has 0 spiro atoms. The van der Waals surface area contributed by atoms with E-state index < -0.39 is 5.97 Å². The van der Waals surface area contributed by atoms with Crippen molar-refractivity contribution in [1.29, 1.82) is 0 Å². The first-order valence-electron chi connectivity index (χ1n) is 7.25. The molecule has 0 atom stereocenters. The van der Waals surface area contributed by atoms with Gasteiger partial charge in [0.2, 0.25) is 0 Å². The molecule has 0 aliphatic rings. The van der Waals surface area contributed by atoms with Gasteiger partial charge in [-0.3, -0.25) is 0 Å². The van der Waals surface area contributed by atoms with Crippen LogP contribution < -0.4 is 4.74 Å². The molecule has 2 rings (SSSR count). The molecular formula is C18H20O3. The zero-order valence-corrected chi connectivity index (χ0v) is 12.4. The fourth-order valence-electron chi connectivity index (χ4n) is 2.37. The predicted octanol–water partition coefficient (Wildman–Crippen LogP) is 5.08. The van der Waals surface area contributed by atoms with Crippen LogP contribution in [0.5, 0.6) is 11.5 Å². The first-order chi connectivity index (χ1) is 10.1. The lowest BCUT2D eigenvalue weighted by atomic mass is 9.94. The lowest BCUT2D eigenvalue weighted by Gasteiger charge is -2.13. The van der Waals surface area contributed by atoms with Crippen molar-refractivity contribution in [1.82, 2.24) is 0 Å². The number of carboxylic acids is 1. The molecule has 0 aliphatic carbocycles. The van der Waals surface area contributed by atoms with Gasteiger partial charge in [0.1, 0.15) is 11.5 Å². The minimum absolute atomic E-state index is 0.256. The normalized spacial score (nSPS) is 10.6. The van der Waals surface area contributed by atoms with E-state index in [0.717, 1.165) is 18.6 Å². The van der Waals surface area contributed by atoms with E-state index in [1.165, 1.54) is 17.7 Å². The second kappa shape index (κ2) is 6.93. The third kappa shape index (κ3) is 3.85. The average Bonchev–Trinajstić information content (AvgIpc) is 2.51. The van der Waals surface area contributed by atoms with Gasteiger partial charge < -0.3 is 9.84 Å². The highest BCUT2D eigenvalue weighted by atomic mass is 16.5. The van der Waals surface area contributed by atoms with Crippen molar-refractivity contribution in [2.75, 3.05) is 0 Å². The van der Waals surface area contributed by atoms with Crippen LogP contribution in [-0.2, 0) is 0 Å². The molecule has 0 radical (unpaired) electrons. The number of hydrogen-bond donors (Lipinski definition) is 1. The van der Waals surface area contributed by atoms with E-state index in [1.54, 1.807) is 12.1 Å². The molecule has 21 heavy (non-hydrogen) atoms. The summed E-state index contributed by atoms with van der Waals surface area (Å²) in [6.45, 7) is 4.39. The van der Waals surface area contributed by atoms with E-state index in [0.29, 0.717) is 11.7 Å². The number of carbonyl (C=O) groups is 1. The van der Waals surface area contributed by atoms with Crippen LogP contribution in [0.2, 0.25) is 0 Å². The van der Waals surface area contributed by atoms with Crippen molar-refractivity contribution >= 4 is 5.97 Å². The van der Waals surface area contributed by atoms with E-state index >= 15 is 0 Å². The van der Waals surface area contributed by atoms with E-state index in [1.807, 2.05) is 12.1 Å². The molecule has 2 aromatic carbocycles. The molecule has 0 bridgehead atoms. The summed E-state index contributed by atoms with van der Waals surface area (Å²) in [5, 5.41) is 8.85. The number of ether oxygens (including phenoxy) is 1. The van der Waals surface area contributed by atoms with Crippen LogP contribution in [0.15, 0.2) is 48.5 Å². The highest BCUT2D eigenvalue weighted by molar-refractivity contribution is 5.87. The molecule has 0 aliphatic heterocycles. The molecule has 0 heterocycles. The standard InChI is InChI=1S/C18H20O3/c1-3-13(4-2)14-5-9-16(10-6-14)21-17-11-7-15(8-12-17)18(19)20/h5-13H,3-4H2,1-2H3,(H,19,20). The van der Waals surface area contributed by atoms with Gasteiger partial charge in [-0.25, -0.2) is 4.79 Å². The summed E-state index contributed by atoms with van der Waals surface area (Å²) < 4.78 is 5.72. The number of rotatable bonds is 6. The summed E-state index contributed by atoms with van der Waals surface area (Å²) in [6, 6.07) is 14.5. The van der Waals surface area contributed by atoms with Gasteiger partial charge >= 0.3 is 5.97 Å². The number of hydrogen-bond acceptors (Lipinski definition) is 2. The van der Waals surface area contributed by atoms with Gasteiger partial charge in [-0.15, -0.1) is 0 Å². The Kier molecular flexibility index (Phi) is 4.99. The number of carboxylic acid groups (broad SMARTS) is 1. The smallest absolute Gasteiger partial charge is 0.335 e. The monoisotopic (exact) mass is 284 g/mol. The van der Waals surface area contributed by atoms with Crippen LogP contribution >= 0.6 is 0 Å². The van der Waals surface area contributed by atoms with Gasteiger partial charge in [0.05, 0.1) is 5.56 Å². The molecule has 0 fully saturated rings. The van der Waals surface area contributed by atoms with E-state index in [-0.39, 0.29) is 5.56 Å². The Balaban J connectivity index is 2.07. The summed E-state index contributed by atoms with van der Waals surface area (Å²) in [5.74, 6) is 1.05. The third-order valence-electron chi connectivity index (χ3n) is 3.67. The summed E-state index contributed by atoms with van der Waals surface area (Å²) in [5.41, 5.74) is 1.58. The second-order valence-corrected chi connectivity index (χ2v) is 5.01. The Bertz CT molecular complexity index is 581. The van der Waals surface area contributed by atoms with Crippen LogP contribution in [0.1, 0.15) is 48.5 Å². The van der Waals surface area contributed by atoms with Crippen molar-refractivity contribution in [2.24, 2.45) is 0 Å². The first-order valence-corrected chi connectivity index (χ1v) is 7.25. The minimum atomic E-state index is -0.934. The molecule has 110 valence electrons. The van der Waals surface area contributed by atoms with Crippen molar-refractivity contribution in [3.05, 3.63) is 59.7 Å². The molecule has 3 heteroatoms. The second-order valence-electron chi connectivity index (χ2n) is 5.01. The Hall–Kier alpha value is -2.29. The Morgan fingerprint density at radius 2 is 1.43 bits per heavy atom. The molecule has 2 aromatic rings. The first kappa shape index (κ1) is 15.1. The highest BCUT2D eigenvalue weighted by Crippen LogP contribution is 2.27. The maximum absolute atomic E-state index is 10.8. The van der Waals surface area contributed by atoms with Gasteiger partial charge in [0.25, 0.3) is 0 Å². The molecule has 0 saturated heterocycles. The lowest BCUT2D eigenvalue weighted by Crippen LogP contribution is -1.96. The number of benzene rings is 2. The van der Waals surface area contributed by atoms with Gasteiger partial charge in [-0.1, -0.05) is 26.0 Å². The Labute approximate surface area is 125 Å². The minimum Gasteiger partial charge on any atom is -0.478 e. The van der Waals surface area contributed by atoms with Crippen molar-refractivity contribution < 1.29 is 14.6 Å². The molecule has 0 unspecified atom stereocenters. The quantitative estimate of drug-likeness (QED) is 0.804. The summed E-state index contributed by atoms with van der Waals surface area (Å²) in [6.07, 6.45) is 2.26. The fraction of sp³-hybridized carbons (Fsp3) is 0.278. The van der Waals surface area contributed by atoms with E-state index in [4.69, 9.17) is 9.84 Å². The summed E-state index contributed by atoms with van der Waals surface area (Å²) in [4.78, 5) is 10.8. The lowest BCUT2D eigenvalue weighted by molar-refractivity contribution is 0.0697. The molecular weight excluding hydrogens is 264 g/mol. The summed E-state index contributed by atoms with van der Waals surface area (Å²) in [7, 11) is 0. The Morgan fingerprint density at radius 3 is 1.86 bits per heavy atom. The molecule has 1 N–H and O–H groups in total. The third-order valence-corrected chi connectivity index (χ3v) is 3.67. The van der Waals surface area contributed by atoms with Crippen LogP contribution in [0.25, 0.3) is 0 Å². The predicted molar refractivity (Wildman–Crippen MR) is 83.2 cm³/mol. The van der Waals surface area contributed by atoms with Gasteiger partial charge in [0, 0.05) is 0 Å². The average molecular weight is 284 g/mol. The fourth-order valence-corrected chi connectivity index (χ4v) is 2.37. The van der Waals surface area contributed by atoms with Crippen LogP contribution in [0.4, 0.5) is 0 Å². The SMILES string of the molecule is CCC(CC)c1ccc(Oc2ccc(C(=O)O)cc2)cc1. The van der Waals surface area contributed by atoms with E-state index in [2.05, 4.69) is 26.0 Å². The maximum Gasteiger partial charge on any atom is 0.335 e. The van der Waals surface area contributed by atoms with Crippen LogP contribution in [-0.4, -0.2) is 11.1 Å². The molecule has 3 nitrogen and oxygen atoms in total. The van der Waals surface area contributed by atoms with E-state index in [9.17, 15) is 4.79 Å². The summed E-state index contributed by atoms with van der Waals surface area (Å²) >= 11 is 0. The van der Waals surface area contributed by atoms with Crippen molar-refractivity contribution in [3.8, 4) is 11.5 Å². The van der Waals surface area contributed by atoms with Gasteiger partial charge in [-0.2, -0.15) is 0 Å². The molecule has 0 saturated carbocycles. The topological polar surface area (TPSA) is 46.5 Å². The highest BCUT2D eigenvalue weighted by Gasteiger charge is 2.07. The van der Waals surface area contributed by atoms with Gasteiger partial charge in [-0.05, 0) is 60.7 Å². The molecule has 0 amide bonds. The number of aromatic carboxylic acids is 1. The molecule has 0 aromatic heterocycles. The Morgan fingerprint density at radius 1 is 0.952 bits per heavy atom. The maximum atomic E-state index is 10.8. The van der Waals surface area contributed by atoms with Crippen LogP contribution in [0.3, 0.4) is 0 Å². The van der Waals surface area contributed by atoms with Crippen molar-refractivity contribution in [2.45, 2.75) is 32.6 Å². The zero-order valence-electron chi connectivity index (χ0n) is 12.4. The van der Waals surface area contributed by atoms with Crippen molar-refractivity contribution in [3.63, 3.8) is 0 Å². The zero-order chi connectivity index (χ0) is 15.2. The van der Waals surface area contributed by atoms with Gasteiger partial charge in [0.15, 0.2) is 0 Å². The van der Waals surface area contributed by atoms with Crippen LogP contribution in [0, 0.1) is 0 Å². The largest absolute Gasteiger partial charge is 0.478 e.